The smallest absolute Gasteiger partial charge is 0.223 e. The van der Waals surface area contributed by atoms with Crippen LogP contribution in [0.15, 0.2) is 60.4 Å². The van der Waals surface area contributed by atoms with Crippen molar-refractivity contribution in [2.24, 2.45) is 17.8 Å². The first kappa shape index (κ1) is 57.5. The summed E-state index contributed by atoms with van der Waals surface area (Å²) in [6.45, 7) is 19.7. The third-order valence-electron chi connectivity index (χ3n) is 15.3. The molecule has 1 amide bonds. The molecule has 2 unspecified atom stereocenters. The lowest BCUT2D eigenvalue weighted by Gasteiger charge is -2.37. The molecule has 3 aliphatic carbocycles. The zero-order valence-corrected chi connectivity index (χ0v) is 46.6. The minimum Gasteiger partial charge on any atom is -0.488 e. The highest BCUT2D eigenvalue weighted by molar-refractivity contribution is 8.00. The number of nitrogens with one attached hydrogen (secondary N) is 2. The summed E-state index contributed by atoms with van der Waals surface area (Å²) in [4.78, 5) is 55.8. The summed E-state index contributed by atoms with van der Waals surface area (Å²) in [6.07, 6.45) is 18.6. The normalized spacial score (nSPS) is 18.0. The molecule has 12 nitrogen and oxygen atoms in total. The number of aromatic nitrogens is 3. The van der Waals surface area contributed by atoms with Crippen molar-refractivity contribution in [3.05, 3.63) is 82.9 Å². The molecule has 2 aromatic carbocycles. The second kappa shape index (κ2) is 26.7. The van der Waals surface area contributed by atoms with Crippen LogP contribution in [0.5, 0.6) is 5.75 Å². The van der Waals surface area contributed by atoms with Crippen molar-refractivity contribution >= 4 is 57.8 Å². The number of aryl methyl sites for hydroxylation is 1. The van der Waals surface area contributed by atoms with Gasteiger partial charge in [-0.1, -0.05) is 90.5 Å². The average molecular weight is 1040 g/mol. The van der Waals surface area contributed by atoms with Gasteiger partial charge < -0.3 is 20.7 Å². The van der Waals surface area contributed by atoms with Gasteiger partial charge in [0.05, 0.1) is 27.5 Å². The molecule has 1 saturated heterocycles. The Hall–Kier alpha value is -4.73. The van der Waals surface area contributed by atoms with E-state index < -0.39 is 5.67 Å². The number of ketones is 2. The molecule has 2 aromatic heterocycles. The van der Waals surface area contributed by atoms with Crippen molar-refractivity contribution in [2.45, 2.75) is 167 Å². The van der Waals surface area contributed by atoms with Crippen LogP contribution < -0.4 is 20.7 Å². The maximum Gasteiger partial charge on any atom is 0.223 e. The fourth-order valence-electron chi connectivity index (χ4n) is 9.70. The van der Waals surface area contributed by atoms with Gasteiger partial charge in [0.15, 0.2) is 11.5 Å². The van der Waals surface area contributed by atoms with Crippen molar-refractivity contribution in [1.29, 1.82) is 5.41 Å². The lowest BCUT2D eigenvalue weighted by atomic mass is 9.82. The largest absolute Gasteiger partial charge is 0.488 e. The van der Waals surface area contributed by atoms with Gasteiger partial charge in [-0.15, -0.1) is 11.3 Å². The molecule has 3 saturated carbocycles. The van der Waals surface area contributed by atoms with Crippen LogP contribution in [0.1, 0.15) is 160 Å². The van der Waals surface area contributed by atoms with Gasteiger partial charge in [0.1, 0.15) is 29.3 Å². The monoisotopic (exact) mass is 1040 g/mol. The van der Waals surface area contributed by atoms with Crippen LogP contribution in [0.4, 0.5) is 15.9 Å². The first-order valence-electron chi connectivity index (χ1n) is 26.9. The van der Waals surface area contributed by atoms with Crippen LogP contribution in [0.2, 0.25) is 0 Å². The van der Waals surface area contributed by atoms with Gasteiger partial charge in [0.2, 0.25) is 5.91 Å². The van der Waals surface area contributed by atoms with Crippen molar-refractivity contribution in [2.75, 3.05) is 49.6 Å². The summed E-state index contributed by atoms with van der Waals surface area (Å²) < 4.78 is 18.2. The van der Waals surface area contributed by atoms with Gasteiger partial charge in [-0.2, -0.15) is 11.8 Å². The summed E-state index contributed by atoms with van der Waals surface area (Å²) >= 11 is 3.38. The number of ether oxygens (including phenoxy) is 1. The molecule has 4 aromatic rings. The number of nitrogen functional groups attached to an aromatic ring is 1. The second-order valence-corrected chi connectivity index (χ2v) is 23.9. The Labute approximate surface area is 443 Å². The predicted molar refractivity (Wildman–Crippen MR) is 299 cm³/mol. The number of carbonyl (C=O) groups excluding carboxylic acids is 3. The molecule has 0 radical (unpaired) electrons. The lowest BCUT2D eigenvalue weighted by molar-refractivity contribution is -0.132. The minimum absolute atomic E-state index is 0.00335. The number of anilines is 2. The number of nitrogens with two attached hydrogens (primary N) is 1. The minimum atomic E-state index is -1.39. The number of rotatable bonds is 22. The van der Waals surface area contributed by atoms with E-state index in [0.717, 1.165) is 105 Å². The Morgan fingerprint density at radius 1 is 0.959 bits per heavy atom. The zero-order valence-electron chi connectivity index (χ0n) is 45.0. The number of halogens is 1. The molecular formula is C58H83FN8O4S2. The third-order valence-corrected chi connectivity index (χ3v) is 17.6. The molecule has 2 atom stereocenters. The number of carbonyl (C=O) groups is 3. The van der Waals surface area contributed by atoms with Crippen molar-refractivity contribution in [1.82, 2.24) is 25.2 Å². The molecule has 0 bridgehead atoms. The fourth-order valence-corrected chi connectivity index (χ4v) is 11.0. The number of thioether (sulfide) groups is 1. The summed E-state index contributed by atoms with van der Waals surface area (Å²) in [5.41, 5.74) is 12.0. The molecular weight excluding hydrogens is 956 g/mol. The van der Waals surface area contributed by atoms with Crippen molar-refractivity contribution in [3.8, 4) is 16.2 Å². The van der Waals surface area contributed by atoms with Gasteiger partial charge >= 0.3 is 0 Å². The number of benzene rings is 2. The number of hydrogen-bond acceptors (Lipinski definition) is 13. The van der Waals surface area contributed by atoms with Crippen molar-refractivity contribution < 1.29 is 23.5 Å². The number of hydrogen-bond donors (Lipinski definition) is 3. The SMILES string of the molecule is CC(=O)C1(F)CC1.CC1(Oc2ccc(N)c(C(=N)c3cc(N4CCN(CC5CCCCC5)CC4)ncn3)c2)CC1.CCCCC(CC(=O)C(CCC)C(C)(C)SC)C(=O)NCc1ccc(-c2scnc2C)cc1. The topological polar surface area (TPSA) is 167 Å². The Balaban J connectivity index is 0.000000210. The first-order valence-corrected chi connectivity index (χ1v) is 29.0. The van der Waals surface area contributed by atoms with E-state index in [4.69, 9.17) is 15.9 Å². The zero-order chi connectivity index (χ0) is 52.8. The molecule has 15 heteroatoms. The molecule has 4 fully saturated rings. The van der Waals surface area contributed by atoms with Gasteiger partial charge in [0, 0.05) is 79.6 Å². The summed E-state index contributed by atoms with van der Waals surface area (Å²) in [5.74, 6) is 2.17. The number of alkyl halides is 1. The highest BCUT2D eigenvalue weighted by Gasteiger charge is 2.48. The van der Waals surface area contributed by atoms with Crippen LogP contribution in [0.3, 0.4) is 0 Å². The van der Waals surface area contributed by atoms with E-state index in [-0.39, 0.29) is 39.7 Å². The lowest BCUT2D eigenvalue weighted by Crippen LogP contribution is -2.48. The van der Waals surface area contributed by atoms with Crippen LogP contribution in [0.25, 0.3) is 10.4 Å². The molecule has 3 heterocycles. The molecule has 1 aliphatic heterocycles. The maximum absolute atomic E-state index is 13.3. The Morgan fingerprint density at radius 2 is 1.66 bits per heavy atom. The second-order valence-electron chi connectivity index (χ2n) is 21.6. The number of Topliss-reactive ketones (excluding diaryl/α,β-unsaturated/α-hetero) is 2. The molecule has 0 spiro atoms. The Morgan fingerprint density at radius 3 is 2.23 bits per heavy atom. The third kappa shape index (κ3) is 16.9. The van der Waals surface area contributed by atoms with Gasteiger partial charge in [0.25, 0.3) is 0 Å². The van der Waals surface area contributed by atoms with E-state index in [1.807, 2.05) is 36.7 Å². The van der Waals surface area contributed by atoms with Crippen LogP contribution >= 0.6 is 23.1 Å². The van der Waals surface area contributed by atoms with E-state index in [9.17, 15) is 18.8 Å². The van der Waals surface area contributed by atoms with Crippen LogP contribution in [0, 0.1) is 30.1 Å². The number of unbranched alkanes of at least 4 members (excludes halogenated alkanes) is 1. The molecule has 73 heavy (non-hydrogen) atoms. The van der Waals surface area contributed by atoms with E-state index in [1.165, 1.54) is 50.4 Å². The number of piperazine rings is 1. The standard InChI is InChI=1S/C27H40N2O2S2.C26H36N6O.C5H7FO/c1-7-9-11-22(16-24(30)23(10-8-2)27(4,5)32-6)26(31)28-17-20-12-14-21(15-13-20)25-19(3)29-18-33-25;1-26(9-10-26)33-20-7-8-22(27)21(15-20)25(28)23-16-24(30-18-29-23)32-13-11-31(12-14-32)17-19-5-3-2-4-6-19;1-4(7)5(6)2-3-5/h12-15,18,22-23H,7-11,16-17H2,1-6H3,(H,28,31);7-8,15-16,18-19,28H,2-6,9-14,17,27H2,1H3;2-3H2,1H3. The fraction of sp³-hybridized carbons (Fsp3) is 0.603. The van der Waals surface area contributed by atoms with E-state index in [2.05, 4.69) is 95.2 Å². The van der Waals surface area contributed by atoms with E-state index in [1.54, 1.807) is 29.4 Å². The molecule has 8 rings (SSSR count). The van der Waals surface area contributed by atoms with Gasteiger partial charge in [-0.05, 0) is 114 Å². The highest BCUT2D eigenvalue weighted by Crippen LogP contribution is 2.41. The average Bonchev–Trinajstić information content (AvgIpc) is 4.29. The van der Waals surface area contributed by atoms with E-state index in [0.29, 0.717) is 48.5 Å². The van der Waals surface area contributed by atoms with Crippen LogP contribution in [-0.2, 0) is 20.9 Å². The number of nitrogens with zero attached hydrogens (tertiary/aromatic N) is 5. The van der Waals surface area contributed by atoms with Gasteiger partial charge in [-0.25, -0.2) is 19.3 Å². The number of thiazole rings is 1. The molecule has 398 valence electrons. The van der Waals surface area contributed by atoms with Gasteiger partial charge in [-0.3, -0.25) is 24.7 Å². The summed E-state index contributed by atoms with van der Waals surface area (Å²) in [5, 5.41) is 11.9. The molecule has 4 aliphatic rings. The predicted octanol–water partition coefficient (Wildman–Crippen LogP) is 12.2. The van der Waals surface area contributed by atoms with E-state index >= 15 is 0 Å². The van der Waals surface area contributed by atoms with Crippen molar-refractivity contribution in [3.63, 3.8) is 0 Å². The summed E-state index contributed by atoms with van der Waals surface area (Å²) in [7, 11) is 0. The first-order chi connectivity index (χ1) is 34.9. The Kier molecular flexibility index (Phi) is 21.0. The van der Waals surface area contributed by atoms with Crippen LogP contribution in [-0.4, -0.2) is 98.0 Å². The number of amides is 1. The quantitative estimate of drug-likeness (QED) is 0.0506. The highest BCUT2D eigenvalue weighted by atomic mass is 32.2. The molecule has 4 N–H and O–H groups in total. The maximum atomic E-state index is 13.3. The summed E-state index contributed by atoms with van der Waals surface area (Å²) in [6, 6.07) is 15.8. The Bertz CT molecular complexity index is 2440.